The van der Waals surface area contributed by atoms with Gasteiger partial charge < -0.3 is 10.2 Å². The molecular formula is C14H22N4O. The Bertz CT molecular complexity index is 447. The molecule has 1 aliphatic heterocycles. The van der Waals surface area contributed by atoms with Crippen molar-refractivity contribution in [3.05, 3.63) is 18.0 Å². The summed E-state index contributed by atoms with van der Waals surface area (Å²) in [5, 5.41) is 2.91. The van der Waals surface area contributed by atoms with Gasteiger partial charge >= 0.3 is 0 Å². The van der Waals surface area contributed by atoms with Crippen LogP contribution in [0, 0.1) is 5.41 Å². The molecule has 0 atom stereocenters. The van der Waals surface area contributed by atoms with Gasteiger partial charge in [0.05, 0.1) is 12.2 Å². The van der Waals surface area contributed by atoms with Crippen molar-refractivity contribution in [3.8, 4) is 0 Å². The Kier molecular flexibility index (Phi) is 4.02. The zero-order valence-corrected chi connectivity index (χ0v) is 11.9. The normalized spacial score (nSPS) is 15.6. The lowest BCUT2D eigenvalue weighted by atomic mass is 9.96. The van der Waals surface area contributed by atoms with E-state index in [1.807, 2.05) is 26.8 Å². The van der Waals surface area contributed by atoms with E-state index in [4.69, 9.17) is 0 Å². The van der Waals surface area contributed by atoms with Crippen LogP contribution in [0.2, 0.25) is 0 Å². The monoisotopic (exact) mass is 262 g/mol. The first-order valence-corrected chi connectivity index (χ1v) is 6.82. The highest BCUT2D eigenvalue weighted by Crippen LogP contribution is 2.16. The van der Waals surface area contributed by atoms with Crippen LogP contribution in [0.4, 0.5) is 5.95 Å². The lowest BCUT2D eigenvalue weighted by Crippen LogP contribution is -2.34. The molecule has 1 amide bonds. The van der Waals surface area contributed by atoms with E-state index in [9.17, 15) is 4.79 Å². The molecule has 1 N–H and O–H groups in total. The number of carbonyl (C=O) groups is 1. The van der Waals surface area contributed by atoms with E-state index < -0.39 is 0 Å². The first kappa shape index (κ1) is 13.8. The number of aromatic nitrogens is 2. The Labute approximate surface area is 114 Å². The maximum absolute atomic E-state index is 11.8. The molecule has 0 unspecified atom stereocenters. The van der Waals surface area contributed by atoms with Gasteiger partial charge in [-0.25, -0.2) is 9.97 Å². The third-order valence-electron chi connectivity index (χ3n) is 3.20. The van der Waals surface area contributed by atoms with Crippen molar-refractivity contribution in [1.82, 2.24) is 15.3 Å². The van der Waals surface area contributed by atoms with E-state index in [1.165, 1.54) is 12.8 Å². The molecule has 19 heavy (non-hydrogen) atoms. The van der Waals surface area contributed by atoms with Crippen LogP contribution in [-0.2, 0) is 11.3 Å². The van der Waals surface area contributed by atoms with E-state index in [-0.39, 0.29) is 11.3 Å². The second kappa shape index (κ2) is 5.55. The van der Waals surface area contributed by atoms with E-state index in [0.29, 0.717) is 6.54 Å². The molecule has 1 saturated heterocycles. The zero-order valence-electron chi connectivity index (χ0n) is 11.9. The molecule has 0 spiro atoms. The maximum atomic E-state index is 11.8. The molecule has 5 nitrogen and oxygen atoms in total. The van der Waals surface area contributed by atoms with Gasteiger partial charge in [-0.15, -0.1) is 0 Å². The Morgan fingerprint density at radius 2 is 2.05 bits per heavy atom. The molecule has 1 aliphatic rings. The quantitative estimate of drug-likeness (QED) is 0.901. The Hall–Kier alpha value is -1.65. The first-order chi connectivity index (χ1) is 8.97. The van der Waals surface area contributed by atoms with Crippen LogP contribution in [0.15, 0.2) is 12.3 Å². The first-order valence-electron chi connectivity index (χ1n) is 6.82. The summed E-state index contributed by atoms with van der Waals surface area (Å²) in [4.78, 5) is 22.8. The summed E-state index contributed by atoms with van der Waals surface area (Å²) in [6.45, 7) is 8.21. The zero-order chi connectivity index (χ0) is 13.9. The minimum absolute atomic E-state index is 0.0360. The van der Waals surface area contributed by atoms with Crippen LogP contribution in [0.25, 0.3) is 0 Å². The van der Waals surface area contributed by atoms with Gasteiger partial charge in [0, 0.05) is 24.7 Å². The van der Waals surface area contributed by atoms with Gasteiger partial charge in [0.25, 0.3) is 0 Å². The second-order valence-electron chi connectivity index (χ2n) is 5.97. The fourth-order valence-corrected chi connectivity index (χ4v) is 1.99. The third kappa shape index (κ3) is 3.66. The van der Waals surface area contributed by atoms with Crippen molar-refractivity contribution in [1.29, 1.82) is 0 Å². The maximum Gasteiger partial charge on any atom is 0.225 e. The molecule has 0 bridgehead atoms. The molecule has 104 valence electrons. The van der Waals surface area contributed by atoms with Crippen molar-refractivity contribution in [3.63, 3.8) is 0 Å². The number of anilines is 1. The fourth-order valence-electron chi connectivity index (χ4n) is 1.99. The summed E-state index contributed by atoms with van der Waals surface area (Å²) in [7, 11) is 0. The SMILES string of the molecule is CC(C)(C)C(=O)NCc1ccnc(N2CCCC2)n1. The Balaban J connectivity index is 1.97. The summed E-state index contributed by atoms with van der Waals surface area (Å²) >= 11 is 0. The van der Waals surface area contributed by atoms with E-state index in [0.717, 1.165) is 24.7 Å². The van der Waals surface area contributed by atoms with Gasteiger partial charge in [0.15, 0.2) is 0 Å². The molecule has 2 heterocycles. The second-order valence-corrected chi connectivity index (χ2v) is 5.97. The van der Waals surface area contributed by atoms with E-state index in [1.54, 1.807) is 6.20 Å². The van der Waals surface area contributed by atoms with Gasteiger partial charge in [-0.3, -0.25) is 4.79 Å². The van der Waals surface area contributed by atoms with Crippen molar-refractivity contribution >= 4 is 11.9 Å². The topological polar surface area (TPSA) is 58.1 Å². The average Bonchev–Trinajstić information content (AvgIpc) is 2.89. The summed E-state index contributed by atoms with van der Waals surface area (Å²) in [6, 6.07) is 1.85. The van der Waals surface area contributed by atoms with Gasteiger partial charge in [-0.05, 0) is 18.9 Å². The Morgan fingerprint density at radius 3 is 2.68 bits per heavy atom. The lowest BCUT2D eigenvalue weighted by molar-refractivity contribution is -0.128. The number of hydrogen-bond acceptors (Lipinski definition) is 4. The molecule has 0 aromatic carbocycles. The summed E-state index contributed by atoms with van der Waals surface area (Å²) in [5.74, 6) is 0.814. The van der Waals surface area contributed by atoms with Gasteiger partial charge in [0.2, 0.25) is 11.9 Å². The Morgan fingerprint density at radius 1 is 1.37 bits per heavy atom. The van der Waals surface area contributed by atoms with Crippen LogP contribution in [0.1, 0.15) is 39.3 Å². The minimum Gasteiger partial charge on any atom is -0.350 e. The van der Waals surface area contributed by atoms with Crippen LogP contribution in [0.5, 0.6) is 0 Å². The van der Waals surface area contributed by atoms with Crippen molar-refractivity contribution < 1.29 is 4.79 Å². The predicted molar refractivity (Wildman–Crippen MR) is 74.8 cm³/mol. The molecule has 5 heteroatoms. The highest BCUT2D eigenvalue weighted by atomic mass is 16.2. The predicted octanol–water partition coefficient (Wildman–Crippen LogP) is 1.74. The highest BCUT2D eigenvalue weighted by molar-refractivity contribution is 5.81. The van der Waals surface area contributed by atoms with Gasteiger partial charge in [-0.2, -0.15) is 0 Å². The largest absolute Gasteiger partial charge is 0.350 e. The number of nitrogens with zero attached hydrogens (tertiary/aromatic N) is 3. The molecule has 0 aliphatic carbocycles. The molecule has 1 fully saturated rings. The summed E-state index contributed by atoms with van der Waals surface area (Å²) in [5.41, 5.74) is 0.486. The van der Waals surface area contributed by atoms with Crippen molar-refractivity contribution in [2.75, 3.05) is 18.0 Å². The number of hydrogen-bond donors (Lipinski definition) is 1. The number of amides is 1. The lowest BCUT2D eigenvalue weighted by Gasteiger charge is -2.18. The van der Waals surface area contributed by atoms with E-state index >= 15 is 0 Å². The molecule has 0 radical (unpaired) electrons. The van der Waals surface area contributed by atoms with Gasteiger partial charge in [-0.1, -0.05) is 20.8 Å². The third-order valence-corrected chi connectivity index (χ3v) is 3.20. The molecular weight excluding hydrogens is 240 g/mol. The van der Waals surface area contributed by atoms with Gasteiger partial charge in [0.1, 0.15) is 0 Å². The van der Waals surface area contributed by atoms with E-state index in [2.05, 4.69) is 20.2 Å². The number of rotatable bonds is 3. The highest BCUT2D eigenvalue weighted by Gasteiger charge is 2.21. The number of carbonyl (C=O) groups excluding carboxylic acids is 1. The molecule has 2 rings (SSSR count). The number of nitrogens with one attached hydrogen (secondary N) is 1. The summed E-state index contributed by atoms with van der Waals surface area (Å²) in [6.07, 6.45) is 4.17. The molecule has 0 saturated carbocycles. The van der Waals surface area contributed by atoms with Crippen LogP contribution in [-0.4, -0.2) is 29.0 Å². The molecule has 1 aromatic rings. The van der Waals surface area contributed by atoms with Crippen LogP contribution < -0.4 is 10.2 Å². The smallest absolute Gasteiger partial charge is 0.225 e. The minimum atomic E-state index is -0.370. The average molecular weight is 262 g/mol. The van der Waals surface area contributed by atoms with Crippen molar-refractivity contribution in [2.45, 2.75) is 40.2 Å². The standard InChI is InChI=1S/C14H22N4O/c1-14(2,3)12(19)16-10-11-6-7-15-13(17-11)18-8-4-5-9-18/h6-7H,4-5,8-10H2,1-3H3,(H,16,19). The fraction of sp³-hybridized carbons (Fsp3) is 0.643. The van der Waals surface area contributed by atoms with Crippen molar-refractivity contribution in [2.24, 2.45) is 5.41 Å². The van der Waals surface area contributed by atoms with Crippen LogP contribution >= 0.6 is 0 Å². The molecule has 1 aromatic heterocycles. The summed E-state index contributed by atoms with van der Waals surface area (Å²) < 4.78 is 0. The van der Waals surface area contributed by atoms with Crippen LogP contribution in [0.3, 0.4) is 0 Å².